The molecule has 0 unspecified atom stereocenters. The third-order valence-corrected chi connectivity index (χ3v) is 3.01. The molecule has 4 heteroatoms. The minimum atomic E-state index is -0.550. The molecule has 0 bridgehead atoms. The highest BCUT2D eigenvalue weighted by Crippen LogP contribution is 2.18. The van der Waals surface area contributed by atoms with Gasteiger partial charge in [-0.2, -0.15) is 0 Å². The van der Waals surface area contributed by atoms with Crippen LogP contribution in [0.25, 0.3) is 10.8 Å². The maximum Gasteiger partial charge on any atom is 0.270 e. The zero-order valence-corrected chi connectivity index (χ0v) is 11.9. The number of benzene rings is 2. The predicted octanol–water partition coefficient (Wildman–Crippen LogP) is 2.65. The predicted molar refractivity (Wildman–Crippen MR) is 79.0 cm³/mol. The number of hydrazine groups is 1. The molecule has 20 heavy (non-hydrogen) atoms. The summed E-state index contributed by atoms with van der Waals surface area (Å²) in [6.07, 6.45) is 0. The van der Waals surface area contributed by atoms with Gasteiger partial charge in [-0.15, -0.1) is 0 Å². The standard InChI is InChI=1S/C16H18N2O2/c1-16(2,3)15(20)18-17-14(19)13-10-6-8-11-7-4-5-9-12(11)13/h4-10H,1-3H3,(H,17,19)(H,18,20). The van der Waals surface area contributed by atoms with Crippen LogP contribution < -0.4 is 10.9 Å². The van der Waals surface area contributed by atoms with Gasteiger partial charge in [0.25, 0.3) is 5.91 Å². The van der Waals surface area contributed by atoms with Crippen LogP contribution in [0.15, 0.2) is 42.5 Å². The van der Waals surface area contributed by atoms with E-state index in [0.717, 1.165) is 10.8 Å². The van der Waals surface area contributed by atoms with E-state index in [4.69, 9.17) is 0 Å². The molecule has 2 rings (SSSR count). The number of amides is 2. The monoisotopic (exact) mass is 270 g/mol. The fraction of sp³-hybridized carbons (Fsp3) is 0.250. The van der Waals surface area contributed by atoms with Gasteiger partial charge in [0.15, 0.2) is 0 Å². The molecule has 104 valence electrons. The molecule has 0 aromatic heterocycles. The van der Waals surface area contributed by atoms with Crippen molar-refractivity contribution in [3.8, 4) is 0 Å². The molecule has 0 atom stereocenters. The van der Waals surface area contributed by atoms with Crippen LogP contribution in [0.2, 0.25) is 0 Å². The normalized spacial score (nSPS) is 11.2. The van der Waals surface area contributed by atoms with Gasteiger partial charge >= 0.3 is 0 Å². The highest BCUT2D eigenvalue weighted by molar-refractivity contribution is 6.07. The molecule has 0 aliphatic heterocycles. The third kappa shape index (κ3) is 2.96. The molecule has 2 amide bonds. The average Bonchev–Trinajstić information content (AvgIpc) is 2.42. The number of carbonyl (C=O) groups excluding carboxylic acids is 2. The first-order valence-corrected chi connectivity index (χ1v) is 6.48. The summed E-state index contributed by atoms with van der Waals surface area (Å²) in [6.45, 7) is 5.35. The summed E-state index contributed by atoms with van der Waals surface area (Å²) in [5.74, 6) is -0.550. The van der Waals surface area contributed by atoms with E-state index in [1.807, 2.05) is 36.4 Å². The molecule has 0 fully saturated rings. The molecule has 0 aliphatic rings. The third-order valence-electron chi connectivity index (χ3n) is 3.01. The number of nitrogens with one attached hydrogen (secondary N) is 2. The Kier molecular flexibility index (Phi) is 3.74. The fourth-order valence-corrected chi connectivity index (χ4v) is 1.79. The Balaban J connectivity index is 2.18. The summed E-state index contributed by atoms with van der Waals surface area (Å²) in [7, 11) is 0. The zero-order chi connectivity index (χ0) is 14.8. The molecule has 0 saturated carbocycles. The second-order valence-electron chi connectivity index (χ2n) is 5.68. The van der Waals surface area contributed by atoms with Gasteiger partial charge in [-0.3, -0.25) is 20.4 Å². The highest BCUT2D eigenvalue weighted by atomic mass is 16.2. The van der Waals surface area contributed by atoms with E-state index in [2.05, 4.69) is 10.9 Å². The summed E-state index contributed by atoms with van der Waals surface area (Å²) >= 11 is 0. The second-order valence-corrected chi connectivity index (χ2v) is 5.68. The molecule has 0 aliphatic carbocycles. The molecule has 2 aromatic carbocycles. The largest absolute Gasteiger partial charge is 0.273 e. The van der Waals surface area contributed by atoms with Gasteiger partial charge in [0.05, 0.1) is 0 Å². The van der Waals surface area contributed by atoms with Crippen molar-refractivity contribution in [3.05, 3.63) is 48.0 Å². The lowest BCUT2D eigenvalue weighted by Gasteiger charge is -2.18. The number of rotatable bonds is 1. The summed E-state index contributed by atoms with van der Waals surface area (Å²) in [5, 5.41) is 1.85. The van der Waals surface area contributed by atoms with Crippen molar-refractivity contribution in [3.63, 3.8) is 0 Å². The summed E-state index contributed by atoms with van der Waals surface area (Å²) in [6, 6.07) is 13.1. The van der Waals surface area contributed by atoms with Crippen LogP contribution >= 0.6 is 0 Å². The maximum absolute atomic E-state index is 12.2. The van der Waals surface area contributed by atoms with Gasteiger partial charge in [-0.25, -0.2) is 0 Å². The van der Waals surface area contributed by atoms with E-state index in [-0.39, 0.29) is 11.8 Å². The number of fused-ring (bicyclic) bond motifs is 1. The lowest BCUT2D eigenvalue weighted by atomic mass is 9.96. The first-order chi connectivity index (χ1) is 9.39. The lowest BCUT2D eigenvalue weighted by molar-refractivity contribution is -0.129. The molecule has 0 heterocycles. The van der Waals surface area contributed by atoms with Crippen LogP contribution in [-0.4, -0.2) is 11.8 Å². The molecule has 2 aromatic rings. The summed E-state index contributed by atoms with van der Waals surface area (Å²) in [4.78, 5) is 23.9. The fourth-order valence-electron chi connectivity index (χ4n) is 1.79. The van der Waals surface area contributed by atoms with Gasteiger partial charge in [0.2, 0.25) is 5.91 Å². The van der Waals surface area contributed by atoms with Crippen LogP contribution in [-0.2, 0) is 4.79 Å². The van der Waals surface area contributed by atoms with Crippen LogP contribution in [0, 0.1) is 5.41 Å². The Labute approximate surface area is 118 Å². The molecule has 0 radical (unpaired) electrons. The van der Waals surface area contributed by atoms with Gasteiger partial charge in [0, 0.05) is 11.0 Å². The molecule has 4 nitrogen and oxygen atoms in total. The van der Waals surface area contributed by atoms with Gasteiger partial charge in [-0.1, -0.05) is 57.2 Å². The van der Waals surface area contributed by atoms with Crippen LogP contribution in [0.3, 0.4) is 0 Å². The lowest BCUT2D eigenvalue weighted by Crippen LogP contribution is -2.46. The topological polar surface area (TPSA) is 58.2 Å². The Hall–Kier alpha value is -2.36. The molecule has 0 spiro atoms. The van der Waals surface area contributed by atoms with E-state index in [0.29, 0.717) is 5.56 Å². The Morgan fingerprint density at radius 3 is 2.25 bits per heavy atom. The number of hydrogen-bond acceptors (Lipinski definition) is 2. The first-order valence-electron chi connectivity index (χ1n) is 6.48. The van der Waals surface area contributed by atoms with Gasteiger partial charge < -0.3 is 0 Å². The summed E-state index contributed by atoms with van der Waals surface area (Å²) < 4.78 is 0. The van der Waals surface area contributed by atoms with Crippen molar-refractivity contribution < 1.29 is 9.59 Å². The van der Waals surface area contributed by atoms with E-state index < -0.39 is 5.41 Å². The quantitative estimate of drug-likeness (QED) is 0.783. The highest BCUT2D eigenvalue weighted by Gasteiger charge is 2.21. The molecular weight excluding hydrogens is 252 g/mol. The Morgan fingerprint density at radius 2 is 1.55 bits per heavy atom. The second kappa shape index (κ2) is 5.33. The number of hydrogen-bond donors (Lipinski definition) is 2. The molecule has 2 N–H and O–H groups in total. The minimum Gasteiger partial charge on any atom is -0.273 e. The number of carbonyl (C=O) groups is 2. The van der Waals surface area contributed by atoms with Crippen molar-refractivity contribution in [2.75, 3.05) is 0 Å². The molecule has 0 saturated heterocycles. The van der Waals surface area contributed by atoms with E-state index in [1.165, 1.54) is 0 Å². The first kappa shape index (κ1) is 14.1. The van der Waals surface area contributed by atoms with Crippen LogP contribution in [0.1, 0.15) is 31.1 Å². The summed E-state index contributed by atoms with van der Waals surface area (Å²) in [5.41, 5.74) is 4.90. The maximum atomic E-state index is 12.2. The minimum absolute atomic E-state index is 0.230. The van der Waals surface area contributed by atoms with Gasteiger partial charge in [-0.05, 0) is 16.8 Å². The van der Waals surface area contributed by atoms with Gasteiger partial charge in [0.1, 0.15) is 0 Å². The van der Waals surface area contributed by atoms with E-state index in [1.54, 1.807) is 26.8 Å². The van der Waals surface area contributed by atoms with E-state index >= 15 is 0 Å². The smallest absolute Gasteiger partial charge is 0.270 e. The molecular formula is C16H18N2O2. The van der Waals surface area contributed by atoms with Crippen LogP contribution in [0.5, 0.6) is 0 Å². The Bertz CT molecular complexity index is 652. The van der Waals surface area contributed by atoms with Crippen LogP contribution in [0.4, 0.5) is 0 Å². The average molecular weight is 270 g/mol. The van der Waals surface area contributed by atoms with E-state index in [9.17, 15) is 9.59 Å². The zero-order valence-electron chi connectivity index (χ0n) is 11.9. The van der Waals surface area contributed by atoms with Crippen molar-refractivity contribution in [2.45, 2.75) is 20.8 Å². The van der Waals surface area contributed by atoms with Crippen molar-refractivity contribution >= 4 is 22.6 Å². The Morgan fingerprint density at radius 1 is 0.900 bits per heavy atom. The van der Waals surface area contributed by atoms with Crippen molar-refractivity contribution in [1.82, 2.24) is 10.9 Å². The van der Waals surface area contributed by atoms with Crippen molar-refractivity contribution in [1.29, 1.82) is 0 Å². The van der Waals surface area contributed by atoms with Crippen molar-refractivity contribution in [2.24, 2.45) is 5.41 Å². The SMILES string of the molecule is CC(C)(C)C(=O)NNC(=O)c1cccc2ccccc12.